The van der Waals surface area contributed by atoms with Gasteiger partial charge in [-0.25, -0.2) is 4.79 Å². The molecule has 2 heterocycles. The van der Waals surface area contributed by atoms with Crippen LogP contribution in [0, 0.1) is 0 Å². The van der Waals surface area contributed by atoms with Gasteiger partial charge in [0.15, 0.2) is 0 Å². The number of carboxylic acid groups (broad SMARTS) is 1. The van der Waals surface area contributed by atoms with Crippen LogP contribution in [0.4, 0.5) is 0 Å². The number of carboxylic acids is 1. The van der Waals surface area contributed by atoms with Gasteiger partial charge in [0.05, 0.1) is 16.8 Å². The van der Waals surface area contributed by atoms with Gasteiger partial charge in [-0.15, -0.1) is 0 Å². The van der Waals surface area contributed by atoms with Crippen molar-refractivity contribution in [3.63, 3.8) is 0 Å². The van der Waals surface area contributed by atoms with Crippen LogP contribution in [0.25, 0.3) is 11.0 Å². The maximum absolute atomic E-state index is 11.2. The number of H-pyrrole nitrogens is 1. The molecule has 2 aromatic rings. The number of hydrogen-bond acceptors (Lipinski definition) is 5. The lowest BCUT2D eigenvalue weighted by Gasteiger charge is -2.32. The molecular formula is C13H16BN3O4. The van der Waals surface area contributed by atoms with Crippen molar-refractivity contribution in [3.8, 4) is 0 Å². The SMILES string of the molecule is CC1(C)OB(c2cc(C(=O)O)cc3n[nH]nc23)OC1(C)C. The van der Waals surface area contributed by atoms with Crippen LogP contribution in [0.5, 0.6) is 0 Å². The summed E-state index contributed by atoms with van der Waals surface area (Å²) in [5.74, 6) is -1.03. The minimum atomic E-state index is -1.03. The molecule has 1 aromatic carbocycles. The summed E-state index contributed by atoms with van der Waals surface area (Å²) >= 11 is 0. The Hall–Kier alpha value is -1.93. The molecule has 2 N–H and O–H groups in total. The van der Waals surface area contributed by atoms with E-state index in [1.807, 2.05) is 27.7 Å². The third-order valence-corrected chi connectivity index (χ3v) is 4.21. The predicted molar refractivity (Wildman–Crippen MR) is 76.6 cm³/mol. The maximum Gasteiger partial charge on any atom is 0.497 e. The maximum atomic E-state index is 11.2. The van der Waals surface area contributed by atoms with Crippen LogP contribution in [-0.2, 0) is 9.31 Å². The lowest BCUT2D eigenvalue weighted by atomic mass is 9.77. The molecule has 110 valence electrons. The highest BCUT2D eigenvalue weighted by Crippen LogP contribution is 2.36. The lowest BCUT2D eigenvalue weighted by molar-refractivity contribution is 0.00578. The van der Waals surface area contributed by atoms with Gasteiger partial charge in [-0.1, -0.05) is 0 Å². The van der Waals surface area contributed by atoms with E-state index in [9.17, 15) is 9.90 Å². The zero-order valence-electron chi connectivity index (χ0n) is 12.3. The van der Waals surface area contributed by atoms with E-state index in [1.54, 1.807) is 0 Å². The van der Waals surface area contributed by atoms with Crippen LogP contribution >= 0.6 is 0 Å². The third-order valence-electron chi connectivity index (χ3n) is 4.21. The molecule has 0 spiro atoms. The van der Waals surface area contributed by atoms with E-state index in [-0.39, 0.29) is 5.56 Å². The second kappa shape index (κ2) is 4.28. The molecule has 0 aliphatic carbocycles. The minimum absolute atomic E-state index is 0.126. The van der Waals surface area contributed by atoms with Gasteiger partial charge in [0.25, 0.3) is 0 Å². The summed E-state index contributed by atoms with van der Waals surface area (Å²) in [5.41, 5.74) is 0.705. The van der Waals surface area contributed by atoms with E-state index < -0.39 is 24.3 Å². The summed E-state index contributed by atoms with van der Waals surface area (Å²) in [7, 11) is -0.679. The zero-order valence-corrected chi connectivity index (χ0v) is 12.3. The first-order valence-corrected chi connectivity index (χ1v) is 6.65. The first-order chi connectivity index (χ1) is 9.71. The molecule has 1 aromatic heterocycles. The van der Waals surface area contributed by atoms with Crippen molar-refractivity contribution in [2.75, 3.05) is 0 Å². The minimum Gasteiger partial charge on any atom is -0.478 e. The van der Waals surface area contributed by atoms with Crippen LogP contribution in [0.3, 0.4) is 0 Å². The molecule has 21 heavy (non-hydrogen) atoms. The second-order valence-electron chi connectivity index (χ2n) is 6.15. The monoisotopic (exact) mass is 289 g/mol. The van der Waals surface area contributed by atoms with E-state index in [2.05, 4.69) is 15.4 Å². The Labute approximate surface area is 121 Å². The smallest absolute Gasteiger partial charge is 0.478 e. The second-order valence-corrected chi connectivity index (χ2v) is 6.15. The van der Waals surface area contributed by atoms with Gasteiger partial charge in [-0.3, -0.25) is 0 Å². The highest BCUT2D eigenvalue weighted by atomic mass is 16.7. The number of rotatable bonds is 2. The topological polar surface area (TPSA) is 97.3 Å². The number of hydrogen-bond donors (Lipinski definition) is 2. The Morgan fingerprint density at radius 1 is 1.19 bits per heavy atom. The lowest BCUT2D eigenvalue weighted by Crippen LogP contribution is -2.41. The molecule has 0 bridgehead atoms. The molecule has 0 atom stereocenters. The molecule has 0 radical (unpaired) electrons. The number of aromatic carboxylic acids is 1. The number of benzene rings is 1. The fraction of sp³-hybridized carbons (Fsp3) is 0.462. The molecule has 7 nitrogen and oxygen atoms in total. The Kier molecular flexibility index (Phi) is 2.86. The van der Waals surface area contributed by atoms with Crippen molar-refractivity contribution >= 4 is 29.6 Å². The summed E-state index contributed by atoms with van der Waals surface area (Å²) in [5, 5.41) is 19.7. The van der Waals surface area contributed by atoms with Crippen LogP contribution < -0.4 is 5.46 Å². The number of aromatic nitrogens is 3. The molecule has 1 fully saturated rings. The van der Waals surface area contributed by atoms with E-state index in [1.165, 1.54) is 12.1 Å². The molecular weight excluding hydrogens is 273 g/mol. The van der Waals surface area contributed by atoms with Gasteiger partial charge < -0.3 is 14.4 Å². The highest BCUT2D eigenvalue weighted by Gasteiger charge is 2.52. The normalized spacial score (nSPS) is 20.1. The molecule has 8 heteroatoms. The summed E-state index contributed by atoms with van der Waals surface area (Å²) < 4.78 is 11.9. The molecule has 3 rings (SSSR count). The number of nitrogens with zero attached hydrogens (tertiary/aromatic N) is 2. The first kappa shape index (κ1) is 14.0. The average Bonchev–Trinajstić information content (AvgIpc) is 2.90. The van der Waals surface area contributed by atoms with Crippen molar-refractivity contribution in [1.82, 2.24) is 15.4 Å². The van der Waals surface area contributed by atoms with Crippen molar-refractivity contribution < 1.29 is 19.2 Å². The molecule has 1 saturated heterocycles. The van der Waals surface area contributed by atoms with Gasteiger partial charge in [-0.05, 0) is 39.8 Å². The van der Waals surface area contributed by atoms with Crippen molar-refractivity contribution in [1.29, 1.82) is 0 Å². The summed E-state index contributed by atoms with van der Waals surface area (Å²) in [4.78, 5) is 11.2. The fourth-order valence-electron chi connectivity index (χ4n) is 2.25. The Morgan fingerprint density at radius 2 is 1.81 bits per heavy atom. The largest absolute Gasteiger partial charge is 0.497 e. The Balaban J connectivity index is 2.13. The van der Waals surface area contributed by atoms with Crippen LogP contribution in [0.2, 0.25) is 0 Å². The summed E-state index contributed by atoms with van der Waals surface area (Å²) in [6, 6.07) is 2.99. The fourth-order valence-corrected chi connectivity index (χ4v) is 2.25. The molecule has 0 saturated carbocycles. The average molecular weight is 289 g/mol. The Morgan fingerprint density at radius 3 is 2.38 bits per heavy atom. The van der Waals surface area contributed by atoms with Crippen LogP contribution in [0.1, 0.15) is 38.1 Å². The summed E-state index contributed by atoms with van der Waals surface area (Å²) in [6.45, 7) is 7.75. The predicted octanol–water partition coefficient (Wildman–Crippen LogP) is 0.955. The van der Waals surface area contributed by atoms with Crippen LogP contribution in [-0.4, -0.2) is 44.8 Å². The summed E-state index contributed by atoms with van der Waals surface area (Å²) in [6.07, 6.45) is 0. The number of nitrogens with one attached hydrogen (secondary N) is 1. The number of fused-ring (bicyclic) bond motifs is 1. The van der Waals surface area contributed by atoms with Crippen molar-refractivity contribution in [3.05, 3.63) is 17.7 Å². The van der Waals surface area contributed by atoms with E-state index in [0.29, 0.717) is 16.5 Å². The molecule has 1 aliphatic heterocycles. The van der Waals surface area contributed by atoms with Crippen molar-refractivity contribution in [2.24, 2.45) is 0 Å². The van der Waals surface area contributed by atoms with E-state index in [0.717, 1.165) is 0 Å². The number of carbonyl (C=O) groups is 1. The third kappa shape index (κ3) is 2.11. The van der Waals surface area contributed by atoms with Gasteiger partial charge in [0.1, 0.15) is 11.0 Å². The zero-order chi connectivity index (χ0) is 15.4. The molecule has 0 unspecified atom stereocenters. The van der Waals surface area contributed by atoms with Gasteiger partial charge in [0, 0.05) is 5.46 Å². The first-order valence-electron chi connectivity index (χ1n) is 6.65. The van der Waals surface area contributed by atoms with Gasteiger partial charge >= 0.3 is 13.1 Å². The van der Waals surface area contributed by atoms with Gasteiger partial charge in [0.2, 0.25) is 0 Å². The molecule has 0 amide bonds. The standard InChI is InChI=1S/C13H16BN3O4/c1-12(2)13(3,4)21-14(20-12)8-5-7(11(18)19)6-9-10(8)16-17-15-9/h5-6H,1-4H3,(H,18,19)(H,15,16,17). The van der Waals surface area contributed by atoms with Gasteiger partial charge in [-0.2, -0.15) is 15.4 Å². The van der Waals surface area contributed by atoms with E-state index in [4.69, 9.17) is 9.31 Å². The van der Waals surface area contributed by atoms with Crippen LogP contribution in [0.15, 0.2) is 12.1 Å². The highest BCUT2D eigenvalue weighted by molar-refractivity contribution is 6.65. The number of aromatic amines is 1. The Bertz CT molecular complexity index is 709. The quantitative estimate of drug-likeness (QED) is 0.799. The molecule has 1 aliphatic rings. The van der Waals surface area contributed by atoms with E-state index >= 15 is 0 Å². The van der Waals surface area contributed by atoms with Crippen molar-refractivity contribution in [2.45, 2.75) is 38.9 Å².